The van der Waals surface area contributed by atoms with E-state index >= 15 is 0 Å². The van der Waals surface area contributed by atoms with E-state index < -0.39 is 5.97 Å². The summed E-state index contributed by atoms with van der Waals surface area (Å²) in [5.74, 6) is -1.20. The van der Waals surface area contributed by atoms with E-state index in [2.05, 4.69) is 10.7 Å². The smallest absolute Gasteiger partial charge is 0.305 e. The maximum absolute atomic E-state index is 11.2. The first kappa shape index (κ1) is 9.73. The molecule has 0 spiro atoms. The van der Waals surface area contributed by atoms with Crippen LogP contribution < -0.4 is 5.32 Å². The number of amides is 1. The summed E-state index contributed by atoms with van der Waals surface area (Å²) in [5.41, 5.74) is 0.454. The largest absolute Gasteiger partial charge is 0.481 e. The van der Waals surface area contributed by atoms with E-state index in [-0.39, 0.29) is 18.9 Å². The molecule has 0 aliphatic carbocycles. The van der Waals surface area contributed by atoms with Gasteiger partial charge >= 0.3 is 5.97 Å². The Morgan fingerprint density at radius 2 is 2.38 bits per heavy atom. The van der Waals surface area contributed by atoms with Crippen LogP contribution in [0.1, 0.15) is 16.8 Å². The highest BCUT2D eigenvalue weighted by molar-refractivity contribution is 7.07. The molecule has 4 nitrogen and oxygen atoms in total. The first-order valence-corrected chi connectivity index (χ1v) is 4.53. The van der Waals surface area contributed by atoms with E-state index in [1.165, 1.54) is 11.3 Å². The summed E-state index contributed by atoms with van der Waals surface area (Å²) in [4.78, 5) is 21.3. The van der Waals surface area contributed by atoms with Crippen molar-refractivity contribution in [3.05, 3.63) is 22.4 Å². The lowest BCUT2D eigenvalue weighted by Gasteiger charge is -1.99. The van der Waals surface area contributed by atoms with Crippen LogP contribution in [0.3, 0.4) is 0 Å². The van der Waals surface area contributed by atoms with Crippen molar-refractivity contribution in [2.24, 2.45) is 0 Å². The molecule has 0 saturated heterocycles. The average Bonchev–Trinajstić information content (AvgIpc) is 2.55. The molecule has 1 amide bonds. The van der Waals surface area contributed by atoms with Gasteiger partial charge in [-0.1, -0.05) is 0 Å². The van der Waals surface area contributed by atoms with Gasteiger partial charge in [0.15, 0.2) is 0 Å². The fourth-order valence-electron chi connectivity index (χ4n) is 0.734. The fraction of sp³-hybridized carbons (Fsp3) is 0.250. The molecule has 1 aromatic rings. The van der Waals surface area contributed by atoms with Crippen LogP contribution in [0.25, 0.3) is 0 Å². The second-order valence-corrected chi connectivity index (χ2v) is 3.05. The molecule has 0 fully saturated rings. The van der Waals surface area contributed by atoms with Gasteiger partial charge in [-0.25, -0.2) is 0 Å². The Kier molecular flexibility index (Phi) is 3.45. The Morgan fingerprint density at radius 1 is 1.62 bits per heavy atom. The number of aliphatic carboxylic acids is 1. The summed E-state index contributed by atoms with van der Waals surface area (Å²) >= 11 is 1.31. The van der Waals surface area contributed by atoms with E-state index in [4.69, 9.17) is 5.11 Å². The van der Waals surface area contributed by atoms with Crippen molar-refractivity contribution in [3.63, 3.8) is 0 Å². The lowest BCUT2D eigenvalue weighted by Crippen LogP contribution is -2.25. The Balaban J connectivity index is 2.31. The Hall–Kier alpha value is -1.36. The molecule has 0 atom stereocenters. The molecule has 13 heavy (non-hydrogen) atoms. The highest BCUT2D eigenvalue weighted by Crippen LogP contribution is 2.03. The van der Waals surface area contributed by atoms with Gasteiger partial charge in [-0.15, -0.1) is 11.3 Å². The summed E-state index contributed by atoms with van der Waals surface area (Å²) in [6.45, 7) is 0.151. The van der Waals surface area contributed by atoms with Crippen LogP contribution in [0.15, 0.2) is 11.4 Å². The first-order valence-electron chi connectivity index (χ1n) is 3.65. The summed E-state index contributed by atoms with van der Waals surface area (Å²) in [6, 6.07) is 1.64. The predicted octanol–water partition coefficient (Wildman–Crippen LogP) is 0.753. The molecule has 1 radical (unpaired) electrons. The SMILES string of the molecule is O=C(O)CCNC(=O)c1[c]scc1. The van der Waals surface area contributed by atoms with Crippen LogP contribution >= 0.6 is 11.3 Å². The number of carboxylic acids is 1. The number of carboxylic acid groups (broad SMARTS) is 1. The average molecular weight is 198 g/mol. The first-order chi connectivity index (χ1) is 6.20. The van der Waals surface area contributed by atoms with E-state index in [1.54, 1.807) is 11.4 Å². The summed E-state index contributed by atoms with van der Waals surface area (Å²) in [7, 11) is 0. The molecule has 1 rings (SSSR count). The van der Waals surface area contributed by atoms with E-state index in [0.717, 1.165) is 0 Å². The van der Waals surface area contributed by atoms with Gasteiger partial charge in [0.1, 0.15) is 0 Å². The van der Waals surface area contributed by atoms with Crippen LogP contribution in [0.2, 0.25) is 0 Å². The van der Waals surface area contributed by atoms with E-state index in [9.17, 15) is 9.59 Å². The highest BCUT2D eigenvalue weighted by Gasteiger charge is 2.05. The van der Waals surface area contributed by atoms with Crippen molar-refractivity contribution in [2.75, 3.05) is 6.54 Å². The van der Waals surface area contributed by atoms with Crippen molar-refractivity contribution in [1.82, 2.24) is 5.32 Å². The number of rotatable bonds is 4. The predicted molar refractivity (Wildman–Crippen MR) is 47.7 cm³/mol. The molecule has 2 N–H and O–H groups in total. The van der Waals surface area contributed by atoms with Crippen LogP contribution in [0.5, 0.6) is 0 Å². The van der Waals surface area contributed by atoms with Crippen LogP contribution in [-0.4, -0.2) is 23.5 Å². The maximum atomic E-state index is 11.2. The second-order valence-electron chi connectivity index (χ2n) is 2.34. The van der Waals surface area contributed by atoms with Crippen molar-refractivity contribution < 1.29 is 14.7 Å². The van der Waals surface area contributed by atoms with Gasteiger partial charge in [-0.05, 0) is 11.4 Å². The topological polar surface area (TPSA) is 66.4 Å². The summed E-state index contributed by atoms with van der Waals surface area (Å²) in [5, 5.41) is 15.3. The quantitative estimate of drug-likeness (QED) is 0.750. The third kappa shape index (κ3) is 3.25. The number of hydrogen-bond donors (Lipinski definition) is 2. The summed E-state index contributed by atoms with van der Waals surface area (Å²) in [6.07, 6.45) is -0.0596. The van der Waals surface area contributed by atoms with Crippen LogP contribution in [-0.2, 0) is 4.79 Å². The molecule has 0 unspecified atom stereocenters. The molecule has 0 aliphatic heterocycles. The minimum Gasteiger partial charge on any atom is -0.481 e. The van der Waals surface area contributed by atoms with Gasteiger partial charge in [0.2, 0.25) is 0 Å². The number of hydrogen-bond acceptors (Lipinski definition) is 3. The molecule has 0 aliphatic rings. The van der Waals surface area contributed by atoms with E-state index in [0.29, 0.717) is 5.56 Å². The summed E-state index contributed by atoms with van der Waals surface area (Å²) < 4.78 is 0. The molecule has 0 bridgehead atoms. The van der Waals surface area contributed by atoms with Gasteiger partial charge in [0.25, 0.3) is 5.91 Å². The number of carbonyl (C=O) groups excluding carboxylic acids is 1. The molecule has 1 heterocycles. The van der Waals surface area contributed by atoms with E-state index in [1.807, 2.05) is 0 Å². The monoisotopic (exact) mass is 198 g/mol. The minimum absolute atomic E-state index is 0.0596. The standard InChI is InChI=1S/C8H8NO3S/c10-7(11)1-3-9-8(12)6-2-4-13-5-6/h2,4H,1,3H2,(H,9,12)(H,10,11). The fourth-order valence-corrected chi connectivity index (χ4v) is 1.29. The van der Waals surface area contributed by atoms with Crippen molar-refractivity contribution in [3.8, 4) is 0 Å². The number of thiophene rings is 1. The molecule has 69 valence electrons. The molecule has 1 aromatic heterocycles. The lowest BCUT2D eigenvalue weighted by atomic mass is 10.3. The van der Waals surface area contributed by atoms with Gasteiger partial charge < -0.3 is 10.4 Å². The van der Waals surface area contributed by atoms with Gasteiger partial charge in [0, 0.05) is 6.54 Å². The van der Waals surface area contributed by atoms with Crippen molar-refractivity contribution >= 4 is 23.2 Å². The Morgan fingerprint density at radius 3 is 2.92 bits per heavy atom. The number of nitrogens with one attached hydrogen (secondary N) is 1. The zero-order valence-electron chi connectivity index (χ0n) is 6.74. The van der Waals surface area contributed by atoms with Gasteiger partial charge in [-0.3, -0.25) is 9.59 Å². The molecular formula is C8H8NO3S. The molecule has 0 aromatic carbocycles. The highest BCUT2D eigenvalue weighted by atomic mass is 32.1. The lowest BCUT2D eigenvalue weighted by molar-refractivity contribution is -0.136. The van der Waals surface area contributed by atoms with Crippen molar-refractivity contribution in [2.45, 2.75) is 6.42 Å². The molecule has 0 saturated carbocycles. The third-order valence-electron chi connectivity index (χ3n) is 1.34. The zero-order chi connectivity index (χ0) is 9.68. The number of carbonyl (C=O) groups is 2. The molecule has 5 heteroatoms. The zero-order valence-corrected chi connectivity index (χ0v) is 7.56. The van der Waals surface area contributed by atoms with Crippen LogP contribution in [0.4, 0.5) is 0 Å². The van der Waals surface area contributed by atoms with Crippen LogP contribution in [0, 0.1) is 5.38 Å². The van der Waals surface area contributed by atoms with Crippen molar-refractivity contribution in [1.29, 1.82) is 0 Å². The minimum atomic E-state index is -0.922. The van der Waals surface area contributed by atoms with Gasteiger partial charge in [0.05, 0.1) is 17.4 Å². The Bertz CT molecular complexity index is 294. The van der Waals surface area contributed by atoms with Gasteiger partial charge in [-0.2, -0.15) is 0 Å². The maximum Gasteiger partial charge on any atom is 0.305 e. The molecular weight excluding hydrogens is 190 g/mol. The third-order valence-corrected chi connectivity index (χ3v) is 1.95. The Labute approximate surface area is 79.2 Å². The second kappa shape index (κ2) is 4.61. The normalized spacial score (nSPS) is 9.54.